The molecule has 2 amide bonds. The molecule has 20 heteroatoms. The second kappa shape index (κ2) is 24.8. The van der Waals surface area contributed by atoms with Crippen LogP contribution >= 0.6 is 0 Å². The van der Waals surface area contributed by atoms with Gasteiger partial charge in [-0.25, -0.2) is 19.6 Å². The first-order chi connectivity index (χ1) is 25.0. The molecular formula is C35H59BN8NaO10. The number of carbonyl (C=O) groups is 3. The van der Waals surface area contributed by atoms with Crippen molar-refractivity contribution < 1.29 is 69.8 Å². The number of anilines is 2. The second-order valence-corrected chi connectivity index (χ2v) is 14.1. The summed E-state index contributed by atoms with van der Waals surface area (Å²) in [5.41, 5.74) is -0.233. The Morgan fingerprint density at radius 1 is 0.745 bits per heavy atom. The van der Waals surface area contributed by atoms with Gasteiger partial charge in [-0.2, -0.15) is 0 Å². The Bertz CT molecular complexity index is 1590. The summed E-state index contributed by atoms with van der Waals surface area (Å²) in [6.45, 7) is 17.0. The first kappa shape index (κ1) is 51.4. The summed E-state index contributed by atoms with van der Waals surface area (Å²) in [7, 11) is 1.00. The molecule has 2 aliphatic rings. The third-order valence-electron chi connectivity index (χ3n) is 7.59. The summed E-state index contributed by atoms with van der Waals surface area (Å²) < 4.78 is 15.6. The number of hydrogen-bond donors (Lipinski definition) is 4. The molecule has 2 saturated heterocycles. The van der Waals surface area contributed by atoms with Gasteiger partial charge < -0.3 is 55.4 Å². The fourth-order valence-corrected chi connectivity index (χ4v) is 5.13. The number of H-pyrrole nitrogens is 2. The number of aliphatic hydroxyl groups excluding tert-OH is 2. The quantitative estimate of drug-likeness (QED) is 0.128. The van der Waals surface area contributed by atoms with Crippen molar-refractivity contribution in [3.05, 3.63) is 44.5 Å². The number of esters is 1. The minimum absolute atomic E-state index is 0. The average Bonchev–Trinajstić information content (AvgIpc) is 3.11. The van der Waals surface area contributed by atoms with E-state index >= 15 is 0 Å². The molecule has 2 aromatic heterocycles. The minimum Gasteiger partial charge on any atom is -1.00 e. The normalized spacial score (nSPS) is 14.1. The van der Waals surface area contributed by atoms with Crippen LogP contribution < -0.4 is 50.5 Å². The van der Waals surface area contributed by atoms with E-state index in [2.05, 4.69) is 19.9 Å². The zero-order valence-electron chi connectivity index (χ0n) is 35.0. The number of piperazine rings is 2. The van der Waals surface area contributed by atoms with Crippen LogP contribution in [0, 0.1) is 0 Å². The van der Waals surface area contributed by atoms with E-state index in [0.29, 0.717) is 95.6 Å². The van der Waals surface area contributed by atoms with E-state index in [1.807, 2.05) is 51.3 Å². The number of amides is 2. The number of nitrogens with zero attached hydrogens (tertiary/aromatic N) is 6. The number of carbonyl (C=O) groups excluding carboxylic acids is 3. The third kappa shape index (κ3) is 18.2. The van der Waals surface area contributed by atoms with E-state index in [1.165, 1.54) is 6.20 Å². The molecule has 0 bridgehead atoms. The topological polar surface area (TPSA) is 224 Å². The van der Waals surface area contributed by atoms with Crippen LogP contribution in [0.3, 0.4) is 0 Å². The van der Waals surface area contributed by atoms with Crippen molar-refractivity contribution in [2.45, 2.75) is 85.4 Å². The van der Waals surface area contributed by atoms with Gasteiger partial charge in [-0.1, -0.05) is 0 Å². The van der Waals surface area contributed by atoms with Crippen LogP contribution in [0.15, 0.2) is 22.0 Å². The first-order valence-corrected chi connectivity index (χ1v) is 17.8. The predicted octanol–water partition coefficient (Wildman–Crippen LogP) is -1.58. The van der Waals surface area contributed by atoms with Crippen LogP contribution in [0.2, 0.25) is 0 Å². The van der Waals surface area contributed by atoms with Crippen LogP contribution in [0.4, 0.5) is 21.2 Å². The van der Waals surface area contributed by atoms with Crippen molar-refractivity contribution in [3.63, 3.8) is 0 Å². The van der Waals surface area contributed by atoms with E-state index in [9.17, 15) is 24.0 Å². The molecule has 303 valence electrons. The van der Waals surface area contributed by atoms with E-state index in [0.717, 1.165) is 12.8 Å². The Kier molecular flexibility index (Phi) is 23.1. The maximum absolute atomic E-state index is 12.2. The number of hydrogen-bond acceptors (Lipinski definition) is 14. The Morgan fingerprint density at radius 2 is 1.13 bits per heavy atom. The summed E-state index contributed by atoms with van der Waals surface area (Å²) in [6, 6.07) is 0. The first-order valence-electron chi connectivity index (χ1n) is 17.8. The van der Waals surface area contributed by atoms with Gasteiger partial charge in [-0.05, 0) is 61.3 Å². The van der Waals surface area contributed by atoms with E-state index in [-0.39, 0.29) is 81.7 Å². The maximum Gasteiger partial charge on any atom is 1.00 e. The summed E-state index contributed by atoms with van der Waals surface area (Å²) in [6.07, 6.45) is 4.22. The second-order valence-electron chi connectivity index (χ2n) is 14.1. The predicted molar refractivity (Wildman–Crippen MR) is 205 cm³/mol. The van der Waals surface area contributed by atoms with Crippen molar-refractivity contribution in [1.82, 2.24) is 29.7 Å². The van der Waals surface area contributed by atoms with Gasteiger partial charge in [0.15, 0.2) is 11.6 Å². The number of aromatic nitrogens is 4. The Hall–Kier alpha value is -3.65. The number of aliphatic hydroxyl groups is 2. The fourth-order valence-electron chi connectivity index (χ4n) is 5.13. The average molecular weight is 786 g/mol. The van der Waals surface area contributed by atoms with Gasteiger partial charge in [0.2, 0.25) is 0 Å². The van der Waals surface area contributed by atoms with Crippen LogP contribution in [-0.2, 0) is 31.8 Å². The van der Waals surface area contributed by atoms with Crippen molar-refractivity contribution in [2.75, 3.05) is 82.5 Å². The van der Waals surface area contributed by atoms with Crippen LogP contribution in [-0.4, -0.2) is 150 Å². The van der Waals surface area contributed by atoms with Crippen LogP contribution in [0.1, 0.15) is 74.1 Å². The van der Waals surface area contributed by atoms with Crippen LogP contribution in [0.5, 0.6) is 0 Å². The molecule has 0 atom stereocenters. The SMILES string of the molecule is CC(C)(C)OC(=O)N1CCN(c2nc(CCCO)c[nH]c2=O)CC1.CCOC(=O)CCc1c[nH]c(=O)c(N2CCN(C(=O)OC(C)(C)C)CC2)n1.CO.[B].[H-].[Na+]. The molecule has 4 N–H and O–H groups in total. The van der Waals surface area contributed by atoms with E-state index in [1.54, 1.807) is 22.9 Å². The summed E-state index contributed by atoms with van der Waals surface area (Å²) in [5, 5.41) is 15.9. The van der Waals surface area contributed by atoms with Crippen molar-refractivity contribution in [3.8, 4) is 0 Å². The molecule has 2 fully saturated rings. The smallest absolute Gasteiger partial charge is 1.00 e. The molecule has 0 spiro atoms. The zero-order chi connectivity index (χ0) is 39.8. The molecule has 0 unspecified atom stereocenters. The largest absolute Gasteiger partial charge is 1.00 e. The van der Waals surface area contributed by atoms with Gasteiger partial charge >= 0.3 is 47.7 Å². The van der Waals surface area contributed by atoms with Gasteiger partial charge in [-0.15, -0.1) is 0 Å². The third-order valence-corrected chi connectivity index (χ3v) is 7.59. The van der Waals surface area contributed by atoms with E-state index in [4.69, 9.17) is 24.4 Å². The summed E-state index contributed by atoms with van der Waals surface area (Å²) >= 11 is 0. The zero-order valence-corrected chi connectivity index (χ0v) is 36.0. The number of aromatic amines is 2. The Morgan fingerprint density at radius 3 is 1.47 bits per heavy atom. The molecule has 0 saturated carbocycles. The molecule has 4 heterocycles. The molecule has 3 radical (unpaired) electrons. The van der Waals surface area contributed by atoms with Gasteiger partial charge in [0.05, 0.1) is 24.4 Å². The molecule has 2 aliphatic heterocycles. The number of ether oxygens (including phenoxy) is 3. The summed E-state index contributed by atoms with van der Waals surface area (Å²) in [4.78, 5) is 81.0. The molecule has 0 aliphatic carbocycles. The van der Waals surface area contributed by atoms with Crippen molar-refractivity contribution >= 4 is 38.2 Å². The molecule has 18 nitrogen and oxygen atoms in total. The molecule has 4 rings (SSSR count). The van der Waals surface area contributed by atoms with Gasteiger partial charge in [-0.3, -0.25) is 14.4 Å². The summed E-state index contributed by atoms with van der Waals surface area (Å²) in [5.74, 6) is 0.382. The standard InChI is InChI=1S/C18H28N4O5.C16H26N4O4.CH4O.B.Na.H/c1-5-26-14(23)7-6-13-12-19-16(24)15(20-13)21-8-10-22(11-9-21)17(25)27-18(2,3)4;1-16(2,3)24-15(23)20-8-6-19(7-9-20)13-14(22)17-11-12(18-13)5-4-10-21;1-2;;;/h12H,5-11H2,1-4H3,(H,19,24);11,21H,4-10H2,1-3H3,(H,17,22);2H,1H3;;;/q;;;;+1;-1. The van der Waals surface area contributed by atoms with Crippen molar-refractivity contribution in [1.29, 1.82) is 0 Å². The van der Waals surface area contributed by atoms with E-state index < -0.39 is 11.2 Å². The maximum atomic E-state index is 12.2. The van der Waals surface area contributed by atoms with Gasteiger partial charge in [0, 0.05) is 93.3 Å². The Labute approximate surface area is 348 Å². The Balaban J connectivity index is 0. The molecular weight excluding hydrogens is 726 g/mol. The van der Waals surface area contributed by atoms with Crippen molar-refractivity contribution in [2.24, 2.45) is 0 Å². The molecule has 0 aromatic carbocycles. The van der Waals surface area contributed by atoms with Gasteiger partial charge in [0.1, 0.15) is 11.2 Å². The fraction of sp³-hybridized carbons (Fsp3) is 0.686. The number of rotatable bonds is 9. The molecule has 55 heavy (non-hydrogen) atoms. The number of nitrogens with one attached hydrogen (secondary N) is 2. The van der Waals surface area contributed by atoms with Gasteiger partial charge in [0.25, 0.3) is 11.1 Å². The molecule has 2 aromatic rings. The van der Waals surface area contributed by atoms with Crippen LogP contribution in [0.25, 0.3) is 0 Å². The number of aryl methyl sites for hydroxylation is 2. The monoisotopic (exact) mass is 785 g/mol. The minimum atomic E-state index is -0.541.